The molecule has 290 valence electrons. The number of hydrogen-bond donors (Lipinski definition) is 0. The van der Waals surface area contributed by atoms with Crippen molar-refractivity contribution in [2.24, 2.45) is 0 Å². The zero-order valence-corrected chi connectivity index (χ0v) is 34.3. The average molecular weight is 809 g/mol. The molecule has 12 aromatic rings. The minimum atomic E-state index is 0.687. The monoisotopic (exact) mass is 808 g/mol. The second-order valence-corrected chi connectivity index (χ2v) is 16.8. The highest BCUT2D eigenvalue weighted by atomic mass is 32.1. The summed E-state index contributed by atoms with van der Waals surface area (Å²) in [5.41, 5.74) is 15.8. The summed E-state index contributed by atoms with van der Waals surface area (Å²) in [5.74, 6) is 0.687. The molecule has 62 heavy (non-hydrogen) atoms. The second-order valence-electron chi connectivity index (χ2n) is 15.7. The molecule has 3 nitrogen and oxygen atoms in total. The zero-order chi connectivity index (χ0) is 41.0. The lowest BCUT2D eigenvalue weighted by atomic mass is 9.93. The molecule has 4 heteroatoms. The molecule has 0 saturated carbocycles. The van der Waals surface area contributed by atoms with Crippen LogP contribution in [0.25, 0.3) is 121 Å². The van der Waals surface area contributed by atoms with Gasteiger partial charge in [-0.3, -0.25) is 0 Å². The van der Waals surface area contributed by atoms with Crippen LogP contribution in [0.4, 0.5) is 0 Å². The van der Waals surface area contributed by atoms with E-state index in [1.165, 1.54) is 36.9 Å². The first kappa shape index (κ1) is 36.0. The van der Waals surface area contributed by atoms with E-state index >= 15 is 0 Å². The molecule has 0 unspecified atom stereocenters. The van der Waals surface area contributed by atoms with Crippen LogP contribution in [0.15, 0.2) is 223 Å². The van der Waals surface area contributed by atoms with Crippen LogP contribution in [0.5, 0.6) is 0 Å². The van der Waals surface area contributed by atoms with Gasteiger partial charge in [0.2, 0.25) is 0 Å². The van der Waals surface area contributed by atoms with Gasteiger partial charge in [-0.15, -0.1) is 11.3 Å². The number of furan rings is 1. The normalized spacial score (nSPS) is 11.5. The van der Waals surface area contributed by atoms with Crippen LogP contribution in [0.3, 0.4) is 0 Å². The number of aromatic nitrogens is 2. The summed E-state index contributed by atoms with van der Waals surface area (Å²) in [6.07, 6.45) is 0. The molecule has 0 aliphatic heterocycles. The summed E-state index contributed by atoms with van der Waals surface area (Å²) < 4.78 is 9.29. The second kappa shape index (κ2) is 15.0. The van der Waals surface area contributed by atoms with E-state index < -0.39 is 0 Å². The number of rotatable bonds is 7. The third kappa shape index (κ3) is 6.37. The molecule has 0 aliphatic rings. The molecule has 0 fully saturated rings. The Morgan fingerprint density at radius 2 is 0.806 bits per heavy atom. The molecule has 9 aromatic carbocycles. The fourth-order valence-corrected chi connectivity index (χ4v) is 9.93. The Morgan fingerprint density at radius 1 is 0.323 bits per heavy atom. The number of benzene rings is 9. The molecule has 3 aromatic heterocycles. The van der Waals surface area contributed by atoms with E-state index in [1.54, 1.807) is 0 Å². The molecule has 0 N–H and O–H groups in total. The predicted molar refractivity (Wildman–Crippen MR) is 260 cm³/mol. The van der Waals surface area contributed by atoms with Crippen molar-refractivity contribution in [1.29, 1.82) is 0 Å². The van der Waals surface area contributed by atoms with Gasteiger partial charge in [0.05, 0.1) is 11.4 Å². The van der Waals surface area contributed by atoms with Gasteiger partial charge in [0.1, 0.15) is 11.2 Å². The molecule has 0 saturated heterocycles. The third-order valence-electron chi connectivity index (χ3n) is 12.0. The van der Waals surface area contributed by atoms with Gasteiger partial charge in [0.25, 0.3) is 0 Å². The average Bonchev–Trinajstić information content (AvgIpc) is 3.93. The number of hydrogen-bond acceptors (Lipinski definition) is 4. The summed E-state index contributed by atoms with van der Waals surface area (Å²) in [4.78, 5) is 10.3. The van der Waals surface area contributed by atoms with Crippen molar-refractivity contribution in [3.8, 4) is 78.4 Å². The first-order valence-corrected chi connectivity index (χ1v) is 21.7. The van der Waals surface area contributed by atoms with E-state index in [9.17, 15) is 0 Å². The van der Waals surface area contributed by atoms with Crippen LogP contribution in [0.2, 0.25) is 0 Å². The number of thiophene rings is 1. The van der Waals surface area contributed by atoms with E-state index in [0.29, 0.717) is 5.82 Å². The van der Waals surface area contributed by atoms with Crippen molar-refractivity contribution in [1.82, 2.24) is 9.97 Å². The molecule has 0 aliphatic carbocycles. The lowest BCUT2D eigenvalue weighted by Gasteiger charge is -2.12. The first-order valence-electron chi connectivity index (χ1n) is 20.9. The molecule has 0 radical (unpaired) electrons. The van der Waals surface area contributed by atoms with Crippen LogP contribution < -0.4 is 0 Å². The third-order valence-corrected chi connectivity index (χ3v) is 13.1. The number of nitrogens with zero attached hydrogens (tertiary/aromatic N) is 2. The van der Waals surface area contributed by atoms with E-state index in [2.05, 4.69) is 200 Å². The SMILES string of the molecule is c1ccc(-c2ccc(-c3ccc(-c4nc(-c5ccccc5)cc(-c5ccc(-c6ccc(-c7ccc8c(c7)sc7ccccc78)c7oc8ccccc8c67)cc5)n4)cc3)cc2)cc1. The van der Waals surface area contributed by atoms with Gasteiger partial charge in [-0.25, -0.2) is 9.97 Å². The van der Waals surface area contributed by atoms with Crippen molar-refractivity contribution in [2.45, 2.75) is 0 Å². The van der Waals surface area contributed by atoms with Crippen molar-refractivity contribution in [3.05, 3.63) is 218 Å². The van der Waals surface area contributed by atoms with Gasteiger partial charge in [0.15, 0.2) is 5.82 Å². The van der Waals surface area contributed by atoms with Crippen molar-refractivity contribution >= 4 is 53.4 Å². The van der Waals surface area contributed by atoms with Gasteiger partial charge in [-0.2, -0.15) is 0 Å². The highest BCUT2D eigenvalue weighted by Crippen LogP contribution is 2.44. The summed E-state index contributed by atoms with van der Waals surface area (Å²) in [5, 5.41) is 4.82. The molecule has 12 rings (SSSR count). The van der Waals surface area contributed by atoms with Gasteiger partial charge in [-0.1, -0.05) is 188 Å². The van der Waals surface area contributed by atoms with Crippen molar-refractivity contribution in [3.63, 3.8) is 0 Å². The van der Waals surface area contributed by atoms with Gasteiger partial charge in [-0.05, 0) is 69.3 Å². The zero-order valence-electron chi connectivity index (χ0n) is 33.5. The van der Waals surface area contributed by atoms with Crippen LogP contribution in [0, 0.1) is 0 Å². The molecule has 0 amide bonds. The Bertz CT molecular complexity index is 3590. The molecule has 0 bridgehead atoms. The molecule has 0 atom stereocenters. The minimum absolute atomic E-state index is 0.687. The van der Waals surface area contributed by atoms with E-state index in [4.69, 9.17) is 14.4 Å². The maximum absolute atomic E-state index is 6.71. The van der Waals surface area contributed by atoms with Crippen LogP contribution in [-0.2, 0) is 0 Å². The van der Waals surface area contributed by atoms with Gasteiger partial charge in [0, 0.05) is 53.2 Å². The first-order chi connectivity index (χ1) is 30.7. The van der Waals surface area contributed by atoms with Crippen LogP contribution in [0.1, 0.15) is 0 Å². The van der Waals surface area contributed by atoms with Crippen LogP contribution in [-0.4, -0.2) is 9.97 Å². The maximum atomic E-state index is 6.71. The highest BCUT2D eigenvalue weighted by Gasteiger charge is 2.19. The maximum Gasteiger partial charge on any atom is 0.160 e. The lowest BCUT2D eigenvalue weighted by molar-refractivity contribution is 0.670. The lowest BCUT2D eigenvalue weighted by Crippen LogP contribution is -1.96. The van der Waals surface area contributed by atoms with Gasteiger partial charge >= 0.3 is 0 Å². The number of para-hydroxylation sites is 1. The molecular formula is C58H36N2OS. The Kier molecular flexibility index (Phi) is 8.68. The smallest absolute Gasteiger partial charge is 0.160 e. The largest absolute Gasteiger partial charge is 0.455 e. The predicted octanol–water partition coefficient (Wildman–Crippen LogP) is 16.4. The van der Waals surface area contributed by atoms with Crippen molar-refractivity contribution < 1.29 is 4.42 Å². The Balaban J connectivity index is 0.906. The van der Waals surface area contributed by atoms with Gasteiger partial charge < -0.3 is 4.42 Å². The Hall–Kier alpha value is -7.92. The Morgan fingerprint density at radius 3 is 1.50 bits per heavy atom. The summed E-state index contributed by atoms with van der Waals surface area (Å²) in [6.45, 7) is 0. The highest BCUT2D eigenvalue weighted by molar-refractivity contribution is 7.25. The van der Waals surface area contributed by atoms with Crippen LogP contribution >= 0.6 is 11.3 Å². The quantitative estimate of drug-likeness (QED) is 0.161. The molecule has 0 spiro atoms. The Labute approximate surface area is 362 Å². The number of fused-ring (bicyclic) bond motifs is 6. The van der Waals surface area contributed by atoms with E-state index in [-0.39, 0.29) is 0 Å². The van der Waals surface area contributed by atoms with E-state index in [0.717, 1.165) is 77.8 Å². The fraction of sp³-hybridized carbons (Fsp3) is 0. The molecule has 3 heterocycles. The van der Waals surface area contributed by atoms with Crippen molar-refractivity contribution in [2.75, 3.05) is 0 Å². The standard InChI is InChI=1S/C58H36N2OS/c1-3-11-37(12-4-1)38-19-21-39(22-20-38)40-23-29-44(30-24-40)58-59-51(42-13-5-2-6-14-42)36-52(60-58)43-27-25-41(26-28-43)46-33-34-47(57-56(46)50-16-7-9-17-53(50)61-57)45-31-32-49-48-15-8-10-18-54(48)62-55(49)35-45/h1-36H. The summed E-state index contributed by atoms with van der Waals surface area (Å²) >= 11 is 1.84. The van der Waals surface area contributed by atoms with E-state index in [1.807, 2.05) is 29.5 Å². The molecular weight excluding hydrogens is 773 g/mol. The summed E-state index contributed by atoms with van der Waals surface area (Å²) in [7, 11) is 0. The fourth-order valence-electron chi connectivity index (χ4n) is 8.79. The minimum Gasteiger partial charge on any atom is -0.455 e. The summed E-state index contributed by atoms with van der Waals surface area (Å²) in [6, 6.07) is 77.3. The topological polar surface area (TPSA) is 38.9 Å².